The fourth-order valence-corrected chi connectivity index (χ4v) is 4.24. The molecule has 0 bridgehead atoms. The third kappa shape index (κ3) is 7.56. The maximum atomic E-state index is 13.4. The first-order chi connectivity index (χ1) is 15.8. The summed E-state index contributed by atoms with van der Waals surface area (Å²) >= 11 is 5.96. The highest BCUT2D eigenvalue weighted by molar-refractivity contribution is 7.92. The lowest BCUT2D eigenvalue weighted by atomic mass is 10.1. The van der Waals surface area contributed by atoms with Crippen LogP contribution in [0.25, 0.3) is 0 Å². The third-order valence-corrected chi connectivity index (χ3v) is 6.48. The highest BCUT2D eigenvalue weighted by Gasteiger charge is 2.30. The molecule has 1 unspecified atom stereocenters. The van der Waals surface area contributed by atoms with Crippen LogP contribution in [0.5, 0.6) is 0 Å². The van der Waals surface area contributed by atoms with Gasteiger partial charge in [-0.15, -0.1) is 0 Å². The summed E-state index contributed by atoms with van der Waals surface area (Å²) in [6.45, 7) is 6.12. The second kappa shape index (κ2) is 11.5. The molecule has 0 aliphatic heterocycles. The maximum Gasteiger partial charge on any atom is 0.244 e. The van der Waals surface area contributed by atoms with Gasteiger partial charge in [-0.05, 0) is 57.5 Å². The van der Waals surface area contributed by atoms with E-state index >= 15 is 0 Å². The van der Waals surface area contributed by atoms with Gasteiger partial charge in [0, 0.05) is 23.2 Å². The van der Waals surface area contributed by atoms with Crippen LogP contribution in [0, 0.1) is 0 Å². The largest absolute Gasteiger partial charge is 0.352 e. The summed E-state index contributed by atoms with van der Waals surface area (Å²) in [5, 5.41) is 3.31. The minimum absolute atomic E-state index is 0.0772. The Morgan fingerprint density at radius 1 is 1.03 bits per heavy atom. The van der Waals surface area contributed by atoms with E-state index in [0.717, 1.165) is 16.1 Å². The molecule has 184 valence electrons. The lowest BCUT2D eigenvalue weighted by Crippen LogP contribution is -2.52. The minimum Gasteiger partial charge on any atom is -0.352 e. The van der Waals surface area contributed by atoms with Crippen LogP contribution in [0.15, 0.2) is 48.5 Å². The highest BCUT2D eigenvalue weighted by Crippen LogP contribution is 2.21. The van der Waals surface area contributed by atoms with E-state index in [2.05, 4.69) is 5.32 Å². The maximum absolute atomic E-state index is 13.4. The van der Waals surface area contributed by atoms with E-state index in [0.29, 0.717) is 10.6 Å². The van der Waals surface area contributed by atoms with Gasteiger partial charge in [-0.2, -0.15) is 0 Å². The average Bonchev–Trinajstić information content (AvgIpc) is 2.75. The van der Waals surface area contributed by atoms with E-state index in [-0.39, 0.29) is 30.0 Å². The molecule has 0 aromatic heterocycles. The van der Waals surface area contributed by atoms with Gasteiger partial charge < -0.3 is 10.2 Å². The van der Waals surface area contributed by atoms with Crippen LogP contribution < -0.4 is 9.62 Å². The standard InChI is InChI=1S/C24H30ClN3O5S/c1-16(2)26-24(31)17(3)27(14-19-9-11-21(25)12-10-19)23(30)15-28(34(5,32)33)22-8-6-7-20(13-22)18(4)29/h6-13,16-17H,14-15H2,1-5H3,(H,26,31). The first kappa shape index (κ1) is 27.3. The number of hydrogen-bond donors (Lipinski definition) is 1. The molecule has 2 rings (SSSR count). The zero-order valence-corrected chi connectivity index (χ0v) is 21.5. The van der Waals surface area contributed by atoms with Gasteiger partial charge in [0.05, 0.1) is 11.9 Å². The van der Waals surface area contributed by atoms with Crippen molar-refractivity contribution < 1.29 is 22.8 Å². The van der Waals surface area contributed by atoms with E-state index in [1.54, 1.807) is 43.3 Å². The summed E-state index contributed by atoms with van der Waals surface area (Å²) in [4.78, 5) is 39.3. The van der Waals surface area contributed by atoms with Crippen molar-refractivity contribution in [3.05, 3.63) is 64.7 Å². The molecule has 0 saturated heterocycles. The van der Waals surface area contributed by atoms with E-state index in [1.165, 1.54) is 24.0 Å². The van der Waals surface area contributed by atoms with Gasteiger partial charge in [0.15, 0.2) is 5.78 Å². The lowest BCUT2D eigenvalue weighted by molar-refractivity contribution is -0.139. The van der Waals surface area contributed by atoms with Gasteiger partial charge in [0.25, 0.3) is 0 Å². The summed E-state index contributed by atoms with van der Waals surface area (Å²) in [6, 6.07) is 11.9. The zero-order chi connectivity index (χ0) is 25.6. The topological polar surface area (TPSA) is 104 Å². The molecule has 0 heterocycles. The van der Waals surface area contributed by atoms with Crippen LogP contribution in [-0.2, 0) is 26.2 Å². The molecular formula is C24H30ClN3O5S. The van der Waals surface area contributed by atoms with Gasteiger partial charge in [-0.1, -0.05) is 35.9 Å². The van der Waals surface area contributed by atoms with Crippen LogP contribution >= 0.6 is 11.6 Å². The quantitative estimate of drug-likeness (QED) is 0.497. The van der Waals surface area contributed by atoms with Gasteiger partial charge >= 0.3 is 0 Å². The number of benzene rings is 2. The molecule has 0 saturated carbocycles. The summed E-state index contributed by atoms with van der Waals surface area (Å²) < 4.78 is 26.1. The minimum atomic E-state index is -3.88. The molecule has 0 radical (unpaired) electrons. The number of rotatable bonds is 10. The van der Waals surface area contributed by atoms with Gasteiger partial charge in [-0.25, -0.2) is 8.42 Å². The number of amides is 2. The van der Waals surface area contributed by atoms with Crippen LogP contribution in [0.3, 0.4) is 0 Å². The molecule has 1 atom stereocenters. The van der Waals surface area contributed by atoms with Crippen LogP contribution in [0.4, 0.5) is 5.69 Å². The smallest absolute Gasteiger partial charge is 0.244 e. The number of sulfonamides is 1. The molecule has 0 spiro atoms. The number of ketones is 1. The fraction of sp³-hybridized carbons (Fsp3) is 0.375. The molecule has 10 heteroatoms. The summed E-state index contributed by atoms with van der Waals surface area (Å²) in [7, 11) is -3.88. The van der Waals surface area contributed by atoms with Crippen molar-refractivity contribution in [1.82, 2.24) is 10.2 Å². The number of anilines is 1. The molecule has 0 fully saturated rings. The number of nitrogens with zero attached hydrogens (tertiary/aromatic N) is 2. The molecular weight excluding hydrogens is 478 g/mol. The monoisotopic (exact) mass is 507 g/mol. The fourth-order valence-electron chi connectivity index (χ4n) is 3.27. The predicted molar refractivity (Wildman–Crippen MR) is 133 cm³/mol. The van der Waals surface area contributed by atoms with E-state index in [4.69, 9.17) is 11.6 Å². The van der Waals surface area contributed by atoms with Crippen molar-refractivity contribution in [3.63, 3.8) is 0 Å². The number of Topliss-reactive ketones (excluding diaryl/α,β-unsaturated/α-hetero) is 1. The van der Waals surface area contributed by atoms with Crippen LogP contribution in [0.1, 0.15) is 43.6 Å². The Labute approximate surface area is 205 Å². The van der Waals surface area contributed by atoms with E-state index < -0.39 is 28.5 Å². The van der Waals surface area contributed by atoms with Crippen LogP contribution in [0.2, 0.25) is 5.02 Å². The molecule has 1 N–H and O–H groups in total. The third-order valence-electron chi connectivity index (χ3n) is 5.08. The number of carbonyl (C=O) groups is 3. The number of halogens is 1. The highest BCUT2D eigenvalue weighted by atomic mass is 35.5. The number of carbonyl (C=O) groups excluding carboxylic acids is 3. The van der Waals surface area contributed by atoms with Crippen molar-refractivity contribution in [3.8, 4) is 0 Å². The van der Waals surface area contributed by atoms with Crippen molar-refractivity contribution in [2.24, 2.45) is 0 Å². The Balaban J connectivity index is 2.42. The van der Waals surface area contributed by atoms with E-state index in [1.807, 2.05) is 13.8 Å². The average molecular weight is 508 g/mol. The Kier molecular flexibility index (Phi) is 9.23. The summed E-state index contributed by atoms with van der Waals surface area (Å²) in [5.74, 6) is -1.16. The molecule has 2 amide bonds. The normalized spacial score (nSPS) is 12.2. The van der Waals surface area contributed by atoms with Gasteiger partial charge in [-0.3, -0.25) is 18.7 Å². The molecule has 2 aromatic carbocycles. The molecule has 0 aliphatic carbocycles. The number of nitrogens with one attached hydrogen (secondary N) is 1. The summed E-state index contributed by atoms with van der Waals surface area (Å²) in [5.41, 5.74) is 1.24. The molecule has 0 aliphatic rings. The second-order valence-electron chi connectivity index (χ2n) is 8.36. The molecule has 34 heavy (non-hydrogen) atoms. The Morgan fingerprint density at radius 3 is 2.18 bits per heavy atom. The second-order valence-corrected chi connectivity index (χ2v) is 10.7. The Bertz CT molecular complexity index is 1150. The van der Waals surface area contributed by atoms with Gasteiger partial charge in [0.2, 0.25) is 21.8 Å². The molecule has 2 aromatic rings. The van der Waals surface area contributed by atoms with Crippen molar-refractivity contribution in [2.75, 3.05) is 17.1 Å². The van der Waals surface area contributed by atoms with Crippen molar-refractivity contribution >= 4 is 44.9 Å². The Hall–Kier alpha value is -2.91. The predicted octanol–water partition coefficient (Wildman–Crippen LogP) is 3.25. The first-order valence-corrected chi connectivity index (χ1v) is 12.9. The van der Waals surface area contributed by atoms with Crippen LogP contribution in [-0.4, -0.2) is 55.8 Å². The molecule has 8 nitrogen and oxygen atoms in total. The van der Waals surface area contributed by atoms with E-state index in [9.17, 15) is 22.8 Å². The van der Waals surface area contributed by atoms with Crippen molar-refractivity contribution in [2.45, 2.75) is 46.3 Å². The zero-order valence-electron chi connectivity index (χ0n) is 19.9. The van der Waals surface area contributed by atoms with Gasteiger partial charge in [0.1, 0.15) is 12.6 Å². The number of hydrogen-bond acceptors (Lipinski definition) is 5. The first-order valence-electron chi connectivity index (χ1n) is 10.7. The van der Waals surface area contributed by atoms with Crippen molar-refractivity contribution in [1.29, 1.82) is 0 Å². The SMILES string of the molecule is CC(=O)c1cccc(N(CC(=O)N(Cc2ccc(Cl)cc2)C(C)C(=O)NC(C)C)S(C)(=O)=O)c1. The summed E-state index contributed by atoms with van der Waals surface area (Å²) in [6.07, 6.45) is 0.985. The lowest BCUT2D eigenvalue weighted by Gasteiger charge is -2.32. The Morgan fingerprint density at radius 2 is 1.65 bits per heavy atom.